The summed E-state index contributed by atoms with van der Waals surface area (Å²) in [5.41, 5.74) is 3.98. The SMILES string of the molecule is COC(=O)[C@]1(C)CCC[C@]2(C)c3cc(Br)c4nc(/N=C/c5cc(Cl)cc(Cl)c5O)[nH]c4c3CC[C@@H]12. The monoisotopic (exact) mass is 577 g/mol. The Labute approximate surface area is 222 Å². The molecule has 2 aromatic carbocycles. The van der Waals surface area contributed by atoms with Gasteiger partial charge in [0.25, 0.3) is 0 Å². The lowest BCUT2D eigenvalue weighted by molar-refractivity contribution is -0.161. The van der Waals surface area contributed by atoms with E-state index in [4.69, 9.17) is 27.9 Å². The van der Waals surface area contributed by atoms with Crippen LogP contribution in [0.1, 0.15) is 56.2 Å². The summed E-state index contributed by atoms with van der Waals surface area (Å²) < 4.78 is 6.12. The van der Waals surface area contributed by atoms with E-state index in [9.17, 15) is 9.90 Å². The number of carbonyl (C=O) groups is 1. The maximum atomic E-state index is 12.8. The standard InChI is InChI=1S/C26H26BrCl2N3O3/c1-25-7-4-8-26(2,23(34)35-3)19(25)6-5-15-16(25)11-17(27)21-20(15)31-24(32-21)30-12-13-9-14(28)10-18(29)22(13)33/h9-12,19,33H,4-8H2,1-3H3,(H,31,32)/b30-12+/t19-,25-,26-/m1/s1. The number of aryl methyl sites for hydroxylation is 1. The van der Waals surface area contributed by atoms with E-state index in [-0.39, 0.29) is 28.1 Å². The molecule has 0 aliphatic heterocycles. The molecule has 5 rings (SSSR count). The number of hydrogen-bond donors (Lipinski definition) is 2. The van der Waals surface area contributed by atoms with Gasteiger partial charge in [0.1, 0.15) is 11.3 Å². The predicted molar refractivity (Wildman–Crippen MR) is 142 cm³/mol. The predicted octanol–water partition coefficient (Wildman–Crippen LogP) is 7.27. The number of hydrogen-bond acceptors (Lipinski definition) is 5. The molecule has 2 N–H and O–H groups in total. The number of aromatic hydroxyl groups is 1. The summed E-state index contributed by atoms with van der Waals surface area (Å²) in [5, 5.41) is 10.8. The lowest BCUT2D eigenvalue weighted by atomic mass is 9.50. The second-order valence-electron chi connectivity index (χ2n) is 10.0. The molecular formula is C26H26BrCl2N3O3. The number of aromatic nitrogens is 2. The Kier molecular flexibility index (Phi) is 6.17. The van der Waals surface area contributed by atoms with Gasteiger partial charge in [-0.1, -0.05) is 36.5 Å². The number of carbonyl (C=O) groups excluding carboxylic acids is 1. The van der Waals surface area contributed by atoms with Gasteiger partial charge in [-0.25, -0.2) is 9.98 Å². The summed E-state index contributed by atoms with van der Waals surface area (Å²) in [6.45, 7) is 4.36. The zero-order valence-corrected chi connectivity index (χ0v) is 22.8. The average Bonchev–Trinajstić information content (AvgIpc) is 3.25. The van der Waals surface area contributed by atoms with Crippen LogP contribution in [0.4, 0.5) is 5.95 Å². The topological polar surface area (TPSA) is 87.6 Å². The van der Waals surface area contributed by atoms with Gasteiger partial charge in [0.2, 0.25) is 5.95 Å². The van der Waals surface area contributed by atoms with Crippen LogP contribution < -0.4 is 0 Å². The third-order valence-corrected chi connectivity index (χ3v) is 9.19. The molecule has 184 valence electrons. The number of phenolic OH excluding ortho intramolecular Hbond substituents is 1. The molecular weight excluding hydrogens is 553 g/mol. The first-order chi connectivity index (χ1) is 16.6. The van der Waals surface area contributed by atoms with Crippen molar-refractivity contribution in [3.8, 4) is 5.75 Å². The molecule has 0 bridgehead atoms. The van der Waals surface area contributed by atoms with E-state index >= 15 is 0 Å². The summed E-state index contributed by atoms with van der Waals surface area (Å²) in [4.78, 5) is 25.3. The molecule has 2 aliphatic rings. The highest BCUT2D eigenvalue weighted by molar-refractivity contribution is 9.10. The lowest BCUT2D eigenvalue weighted by Gasteiger charge is -2.54. The Bertz CT molecular complexity index is 1390. The minimum absolute atomic E-state index is 0.0839. The van der Waals surface area contributed by atoms with Crippen molar-refractivity contribution in [2.45, 2.75) is 51.4 Å². The molecule has 1 fully saturated rings. The van der Waals surface area contributed by atoms with Gasteiger partial charge in [0.05, 0.1) is 23.1 Å². The number of nitrogens with one attached hydrogen (secondary N) is 1. The van der Waals surface area contributed by atoms with Crippen molar-refractivity contribution >= 4 is 68.3 Å². The number of phenols is 1. The first-order valence-electron chi connectivity index (χ1n) is 11.6. The number of halogens is 3. The van der Waals surface area contributed by atoms with Crippen molar-refractivity contribution in [2.75, 3.05) is 7.11 Å². The van der Waals surface area contributed by atoms with Crippen LogP contribution >= 0.6 is 39.1 Å². The van der Waals surface area contributed by atoms with Gasteiger partial charge in [-0.2, -0.15) is 0 Å². The van der Waals surface area contributed by atoms with E-state index in [2.05, 4.69) is 50.8 Å². The normalized spacial score (nSPS) is 26.1. The second kappa shape index (κ2) is 8.79. The minimum atomic E-state index is -0.495. The number of fused-ring (bicyclic) bond motifs is 5. The van der Waals surface area contributed by atoms with Gasteiger partial charge in [-0.15, -0.1) is 0 Å². The van der Waals surface area contributed by atoms with Crippen LogP contribution in [0, 0.1) is 11.3 Å². The molecule has 35 heavy (non-hydrogen) atoms. The molecule has 3 atom stereocenters. The zero-order valence-electron chi connectivity index (χ0n) is 19.7. The number of H-pyrrole nitrogens is 1. The highest BCUT2D eigenvalue weighted by atomic mass is 79.9. The first kappa shape index (κ1) is 24.6. The Balaban J connectivity index is 1.58. The molecule has 2 aliphatic carbocycles. The van der Waals surface area contributed by atoms with Crippen LogP contribution in [0.3, 0.4) is 0 Å². The van der Waals surface area contributed by atoms with Crippen molar-refractivity contribution in [1.29, 1.82) is 0 Å². The Hall–Kier alpha value is -2.09. The van der Waals surface area contributed by atoms with E-state index in [0.717, 1.165) is 47.6 Å². The number of aromatic amines is 1. The van der Waals surface area contributed by atoms with E-state index in [1.165, 1.54) is 30.5 Å². The number of ether oxygens (including phenoxy) is 1. The largest absolute Gasteiger partial charge is 0.506 e. The lowest BCUT2D eigenvalue weighted by Crippen LogP contribution is -2.52. The molecule has 1 saturated carbocycles. The van der Waals surface area contributed by atoms with Crippen LogP contribution in [-0.4, -0.2) is 34.4 Å². The fourth-order valence-corrected chi connectivity index (χ4v) is 7.44. The van der Waals surface area contributed by atoms with Crippen molar-refractivity contribution in [2.24, 2.45) is 16.3 Å². The van der Waals surface area contributed by atoms with Crippen molar-refractivity contribution in [3.05, 3.63) is 49.4 Å². The van der Waals surface area contributed by atoms with Gasteiger partial charge in [-0.3, -0.25) is 4.79 Å². The number of benzene rings is 2. The molecule has 6 nitrogen and oxygen atoms in total. The number of imidazole rings is 1. The zero-order chi connectivity index (χ0) is 25.1. The molecule has 1 heterocycles. The van der Waals surface area contributed by atoms with Crippen LogP contribution in [0.15, 0.2) is 27.7 Å². The van der Waals surface area contributed by atoms with Gasteiger partial charge in [0.15, 0.2) is 0 Å². The summed E-state index contributed by atoms with van der Waals surface area (Å²) in [5.74, 6) is 0.419. The molecule has 0 amide bonds. The summed E-state index contributed by atoms with van der Waals surface area (Å²) in [7, 11) is 1.49. The Morgan fingerprint density at radius 1 is 1.31 bits per heavy atom. The van der Waals surface area contributed by atoms with Crippen molar-refractivity contribution in [3.63, 3.8) is 0 Å². The van der Waals surface area contributed by atoms with E-state index in [1.54, 1.807) is 6.07 Å². The summed E-state index contributed by atoms with van der Waals surface area (Å²) in [6, 6.07) is 5.24. The van der Waals surface area contributed by atoms with E-state index in [1.807, 2.05) is 0 Å². The van der Waals surface area contributed by atoms with E-state index in [0.29, 0.717) is 16.5 Å². The van der Waals surface area contributed by atoms with Crippen LogP contribution in [-0.2, 0) is 21.4 Å². The van der Waals surface area contributed by atoms with Gasteiger partial charge in [-0.05, 0) is 89.2 Å². The third-order valence-electron chi connectivity index (χ3n) is 8.08. The highest BCUT2D eigenvalue weighted by Gasteiger charge is 2.56. The third kappa shape index (κ3) is 3.87. The number of rotatable bonds is 3. The smallest absolute Gasteiger partial charge is 0.311 e. The molecule has 3 aromatic rings. The second-order valence-corrected chi connectivity index (χ2v) is 11.7. The fraction of sp³-hybridized carbons (Fsp3) is 0.423. The van der Waals surface area contributed by atoms with Crippen molar-refractivity contribution < 1.29 is 14.6 Å². The molecule has 0 radical (unpaired) electrons. The Morgan fingerprint density at radius 2 is 2.09 bits per heavy atom. The average molecular weight is 579 g/mol. The highest BCUT2D eigenvalue weighted by Crippen LogP contribution is 2.58. The number of aliphatic imine (C=N–C) groups is 1. The number of methoxy groups -OCH3 is 1. The van der Waals surface area contributed by atoms with Crippen LogP contribution in [0.25, 0.3) is 11.0 Å². The maximum Gasteiger partial charge on any atom is 0.311 e. The van der Waals surface area contributed by atoms with Gasteiger partial charge in [0, 0.05) is 21.3 Å². The number of nitrogens with zero attached hydrogens (tertiary/aromatic N) is 2. The molecule has 9 heteroatoms. The first-order valence-corrected chi connectivity index (χ1v) is 13.2. The Morgan fingerprint density at radius 3 is 2.83 bits per heavy atom. The molecule has 0 spiro atoms. The summed E-state index contributed by atoms with van der Waals surface area (Å²) in [6.07, 6.45) is 6.06. The van der Waals surface area contributed by atoms with E-state index < -0.39 is 5.41 Å². The molecule has 0 unspecified atom stereocenters. The van der Waals surface area contributed by atoms with Crippen LogP contribution in [0.5, 0.6) is 5.75 Å². The number of esters is 1. The summed E-state index contributed by atoms with van der Waals surface area (Å²) >= 11 is 15.8. The quantitative estimate of drug-likeness (QED) is 0.253. The molecule has 1 aromatic heterocycles. The van der Waals surface area contributed by atoms with Gasteiger partial charge < -0.3 is 14.8 Å². The molecule has 0 saturated heterocycles. The van der Waals surface area contributed by atoms with Gasteiger partial charge >= 0.3 is 5.97 Å². The fourth-order valence-electron chi connectivity index (χ4n) is 6.41. The minimum Gasteiger partial charge on any atom is -0.506 e. The van der Waals surface area contributed by atoms with Crippen molar-refractivity contribution in [1.82, 2.24) is 9.97 Å². The maximum absolute atomic E-state index is 12.8. The van der Waals surface area contributed by atoms with Crippen LogP contribution in [0.2, 0.25) is 10.0 Å².